The molecule has 0 bridgehead atoms. The van der Waals surface area contributed by atoms with Crippen molar-refractivity contribution in [3.63, 3.8) is 0 Å². The minimum atomic E-state index is 0.927. The van der Waals surface area contributed by atoms with Crippen molar-refractivity contribution in [2.45, 2.75) is 65.2 Å². The van der Waals surface area contributed by atoms with Gasteiger partial charge in [-0.15, -0.1) is 0 Å². The van der Waals surface area contributed by atoms with Gasteiger partial charge in [-0.2, -0.15) is 0 Å². The van der Waals surface area contributed by atoms with Gasteiger partial charge in [-0.3, -0.25) is 0 Å². The van der Waals surface area contributed by atoms with Crippen LogP contribution in [-0.2, 0) is 0 Å². The number of hydrogen-bond donors (Lipinski definition) is 6. The zero-order chi connectivity index (χ0) is 22.7. The van der Waals surface area contributed by atoms with Crippen molar-refractivity contribution in [1.29, 1.82) is 0 Å². The molecule has 0 heterocycles. The highest BCUT2D eigenvalue weighted by Crippen LogP contribution is 2.37. The van der Waals surface area contributed by atoms with Crippen LogP contribution in [-0.4, -0.2) is 78.5 Å². The summed E-state index contributed by atoms with van der Waals surface area (Å²) in [7, 11) is 0. The second-order valence-corrected chi connectivity index (χ2v) is 10.2. The van der Waals surface area contributed by atoms with Crippen LogP contribution in [0.3, 0.4) is 0 Å². The Bertz CT molecular complexity index is 383. The molecule has 6 heteroatoms. The van der Waals surface area contributed by atoms with Crippen molar-refractivity contribution >= 4 is 0 Å². The molecule has 2 saturated carbocycles. The van der Waals surface area contributed by atoms with E-state index in [9.17, 15) is 0 Å². The van der Waals surface area contributed by atoms with E-state index in [2.05, 4.69) is 45.7 Å². The molecule has 0 aromatic carbocycles. The Balaban J connectivity index is 1.23. The zero-order valence-corrected chi connectivity index (χ0v) is 21.5. The van der Waals surface area contributed by atoms with Crippen molar-refractivity contribution in [3.05, 3.63) is 0 Å². The third-order valence-electron chi connectivity index (χ3n) is 7.14. The maximum atomic E-state index is 3.69. The average Bonchev–Trinajstić information content (AvgIpc) is 3.72. The quantitative estimate of drug-likeness (QED) is 0.119. The molecular formula is C26H56N6. The molecule has 0 aliphatic heterocycles. The van der Waals surface area contributed by atoms with Gasteiger partial charge in [0.15, 0.2) is 0 Å². The fourth-order valence-corrected chi connectivity index (χ4v) is 4.62. The number of nitrogens with one attached hydrogen (secondary N) is 6. The van der Waals surface area contributed by atoms with Gasteiger partial charge in [-0.05, 0) is 154 Å². The summed E-state index contributed by atoms with van der Waals surface area (Å²) in [6.45, 7) is 18.5. The lowest BCUT2D eigenvalue weighted by Crippen LogP contribution is -2.25. The standard InChI is InChI=1S/C26H56N6/c1-3-27-11-5-7-13-29-19-23-17-25(23)21-31-15-9-10-16-32-22-26-18-24(26)20-30-14-8-6-12-28-4-2/h23-32H,3-22H2,1-2H3/t23-,24-,25-,26-/m1/s1. The van der Waals surface area contributed by atoms with Crippen molar-refractivity contribution in [1.82, 2.24) is 31.9 Å². The van der Waals surface area contributed by atoms with Crippen LogP contribution >= 0.6 is 0 Å². The van der Waals surface area contributed by atoms with Gasteiger partial charge in [-0.25, -0.2) is 0 Å². The third kappa shape index (κ3) is 14.8. The van der Waals surface area contributed by atoms with Crippen LogP contribution in [0.25, 0.3) is 0 Å². The Morgan fingerprint density at radius 2 is 0.656 bits per heavy atom. The first-order valence-corrected chi connectivity index (χ1v) is 14.1. The minimum absolute atomic E-state index is 0.927. The largest absolute Gasteiger partial charge is 0.317 e. The predicted octanol–water partition coefficient (Wildman–Crippen LogP) is 2.18. The fourth-order valence-electron chi connectivity index (χ4n) is 4.62. The van der Waals surface area contributed by atoms with Gasteiger partial charge >= 0.3 is 0 Å². The van der Waals surface area contributed by atoms with Gasteiger partial charge in [0.1, 0.15) is 0 Å². The van der Waals surface area contributed by atoms with E-state index in [-0.39, 0.29) is 0 Å². The highest BCUT2D eigenvalue weighted by atomic mass is 14.9. The molecule has 32 heavy (non-hydrogen) atoms. The average molecular weight is 453 g/mol. The molecule has 6 nitrogen and oxygen atoms in total. The molecule has 6 N–H and O–H groups in total. The summed E-state index contributed by atoms with van der Waals surface area (Å²) in [5.41, 5.74) is 0. The predicted molar refractivity (Wildman–Crippen MR) is 139 cm³/mol. The van der Waals surface area contributed by atoms with Gasteiger partial charge < -0.3 is 31.9 Å². The maximum Gasteiger partial charge on any atom is -0.00173 e. The molecule has 0 unspecified atom stereocenters. The van der Waals surface area contributed by atoms with Crippen LogP contribution in [0.4, 0.5) is 0 Å². The van der Waals surface area contributed by atoms with Crippen molar-refractivity contribution in [2.75, 3.05) is 78.5 Å². The van der Waals surface area contributed by atoms with E-state index in [0.717, 1.165) is 36.8 Å². The summed E-state index contributed by atoms with van der Waals surface area (Å²) in [5.74, 6) is 3.71. The van der Waals surface area contributed by atoms with Gasteiger partial charge in [-0.1, -0.05) is 13.8 Å². The maximum absolute atomic E-state index is 3.69. The number of rotatable bonds is 25. The summed E-state index contributed by atoms with van der Waals surface area (Å²) in [6.07, 6.45) is 10.6. The van der Waals surface area contributed by atoms with Crippen molar-refractivity contribution in [3.8, 4) is 0 Å². The van der Waals surface area contributed by atoms with Crippen LogP contribution in [0.5, 0.6) is 0 Å². The first kappa shape index (κ1) is 28.0. The van der Waals surface area contributed by atoms with Crippen molar-refractivity contribution in [2.24, 2.45) is 23.7 Å². The van der Waals surface area contributed by atoms with E-state index in [1.54, 1.807) is 0 Å². The molecular weight excluding hydrogens is 396 g/mol. The fraction of sp³-hybridized carbons (Fsp3) is 1.00. The summed E-state index contributed by atoms with van der Waals surface area (Å²) >= 11 is 0. The van der Waals surface area contributed by atoms with E-state index < -0.39 is 0 Å². The molecule has 2 fully saturated rings. The summed E-state index contributed by atoms with van der Waals surface area (Å²) in [4.78, 5) is 0. The molecule has 0 aromatic heterocycles. The van der Waals surface area contributed by atoms with Gasteiger partial charge in [0.2, 0.25) is 0 Å². The Kier molecular flexibility index (Phi) is 16.7. The Morgan fingerprint density at radius 3 is 0.906 bits per heavy atom. The van der Waals surface area contributed by atoms with Gasteiger partial charge in [0.05, 0.1) is 0 Å². The Morgan fingerprint density at radius 1 is 0.406 bits per heavy atom. The summed E-state index contributed by atoms with van der Waals surface area (Å²) < 4.78 is 0. The summed E-state index contributed by atoms with van der Waals surface area (Å²) in [6, 6.07) is 0. The number of hydrogen-bond acceptors (Lipinski definition) is 6. The minimum Gasteiger partial charge on any atom is -0.317 e. The van der Waals surface area contributed by atoms with Crippen LogP contribution in [0.1, 0.15) is 65.2 Å². The first-order valence-electron chi connectivity index (χ1n) is 14.1. The van der Waals surface area contributed by atoms with E-state index in [1.807, 2.05) is 0 Å². The summed E-state index contributed by atoms with van der Waals surface area (Å²) in [5, 5.41) is 21.5. The highest BCUT2D eigenvalue weighted by molar-refractivity contribution is 4.90. The molecule has 0 aromatic rings. The SMILES string of the molecule is CCNCCCCNC[C@H]1C[C@@H]1CNCCCCNC[C@H]1C[C@@H]1CNCCCCNCC. The van der Waals surface area contributed by atoms with Crippen LogP contribution in [0.15, 0.2) is 0 Å². The monoisotopic (exact) mass is 452 g/mol. The lowest BCUT2D eigenvalue weighted by Gasteiger charge is -2.07. The van der Waals surface area contributed by atoms with E-state index in [1.165, 1.54) is 117 Å². The molecule has 2 aliphatic rings. The second kappa shape index (κ2) is 19.1. The zero-order valence-electron chi connectivity index (χ0n) is 21.5. The van der Waals surface area contributed by atoms with Crippen molar-refractivity contribution < 1.29 is 0 Å². The topological polar surface area (TPSA) is 72.2 Å². The normalized spacial score (nSPS) is 24.2. The van der Waals surface area contributed by atoms with E-state index >= 15 is 0 Å². The molecule has 190 valence electrons. The molecule has 0 saturated heterocycles. The third-order valence-corrected chi connectivity index (χ3v) is 7.14. The van der Waals surface area contributed by atoms with E-state index in [4.69, 9.17) is 0 Å². The van der Waals surface area contributed by atoms with Gasteiger partial charge in [0.25, 0.3) is 0 Å². The smallest absolute Gasteiger partial charge is 0.00173 e. The lowest BCUT2D eigenvalue weighted by molar-refractivity contribution is 0.519. The van der Waals surface area contributed by atoms with Crippen LogP contribution in [0.2, 0.25) is 0 Å². The molecule has 4 atom stereocenters. The lowest BCUT2D eigenvalue weighted by atomic mass is 10.2. The molecule has 0 radical (unpaired) electrons. The molecule has 2 rings (SSSR count). The second-order valence-electron chi connectivity index (χ2n) is 10.2. The number of unbranched alkanes of at least 4 members (excludes halogenated alkanes) is 3. The molecule has 0 spiro atoms. The van der Waals surface area contributed by atoms with Gasteiger partial charge in [0, 0.05) is 0 Å². The van der Waals surface area contributed by atoms with Crippen LogP contribution < -0.4 is 31.9 Å². The Labute approximate surface area is 199 Å². The Hall–Kier alpha value is -0.240. The molecule has 0 amide bonds. The highest BCUT2D eigenvalue weighted by Gasteiger charge is 2.36. The molecule has 2 aliphatic carbocycles. The van der Waals surface area contributed by atoms with E-state index in [0.29, 0.717) is 0 Å². The first-order chi connectivity index (χ1) is 15.8. The van der Waals surface area contributed by atoms with Crippen LogP contribution in [0, 0.1) is 23.7 Å².